The monoisotopic (exact) mass is 251 g/mol. The number of ketones is 1. The Balaban J connectivity index is 2.30. The number of carbonyl (C=O) groups is 1. The molecule has 18 heavy (non-hydrogen) atoms. The first kappa shape index (κ1) is 14.7. The second kappa shape index (κ2) is 7.85. The van der Waals surface area contributed by atoms with E-state index in [4.69, 9.17) is 5.73 Å². The number of carbonyl (C=O) groups excluding carboxylic acids is 1. The number of halogens is 1. The summed E-state index contributed by atoms with van der Waals surface area (Å²) < 4.78 is 13.2. The smallest absolute Gasteiger partial charge is 0.162 e. The molecule has 1 rings (SSSR count). The minimum absolute atomic E-state index is 0.00407. The van der Waals surface area contributed by atoms with Gasteiger partial charge >= 0.3 is 0 Å². The molecule has 0 aliphatic heterocycles. The van der Waals surface area contributed by atoms with Crippen molar-refractivity contribution in [1.82, 2.24) is 0 Å². The third-order valence-corrected chi connectivity index (χ3v) is 3.08. The van der Waals surface area contributed by atoms with Gasteiger partial charge in [0, 0.05) is 12.0 Å². The molecule has 2 nitrogen and oxygen atoms in total. The van der Waals surface area contributed by atoms with Gasteiger partial charge in [-0.1, -0.05) is 39.0 Å². The van der Waals surface area contributed by atoms with Crippen molar-refractivity contribution >= 4 is 11.5 Å². The SMILES string of the molecule is CCCCCCCCC(=O)c1ccc(N)c(F)c1. The summed E-state index contributed by atoms with van der Waals surface area (Å²) in [5.74, 6) is -0.506. The number of rotatable bonds is 8. The van der Waals surface area contributed by atoms with E-state index >= 15 is 0 Å². The van der Waals surface area contributed by atoms with Gasteiger partial charge in [0.1, 0.15) is 5.82 Å². The minimum atomic E-state index is -0.510. The molecular weight excluding hydrogens is 229 g/mol. The Kier molecular flexibility index (Phi) is 6.40. The molecule has 0 aromatic heterocycles. The Morgan fingerprint density at radius 3 is 2.50 bits per heavy atom. The standard InChI is InChI=1S/C15H22FNO/c1-2-3-4-5-6-7-8-15(18)12-9-10-14(17)13(16)11-12/h9-11H,2-8,17H2,1H3. The molecule has 0 bridgehead atoms. The minimum Gasteiger partial charge on any atom is -0.396 e. The highest BCUT2D eigenvalue weighted by Gasteiger charge is 2.08. The lowest BCUT2D eigenvalue weighted by Crippen LogP contribution is -2.01. The predicted molar refractivity (Wildman–Crippen MR) is 73.1 cm³/mol. The quantitative estimate of drug-likeness (QED) is 0.424. The second-order valence-electron chi connectivity index (χ2n) is 4.68. The summed E-state index contributed by atoms with van der Waals surface area (Å²) >= 11 is 0. The van der Waals surface area contributed by atoms with Crippen molar-refractivity contribution in [1.29, 1.82) is 0 Å². The van der Waals surface area contributed by atoms with Crippen LogP contribution in [0.25, 0.3) is 0 Å². The van der Waals surface area contributed by atoms with Crippen LogP contribution < -0.4 is 5.73 Å². The number of anilines is 1. The maximum absolute atomic E-state index is 13.2. The highest BCUT2D eigenvalue weighted by Crippen LogP contribution is 2.15. The summed E-state index contributed by atoms with van der Waals surface area (Å²) in [7, 11) is 0. The molecule has 1 aromatic rings. The average Bonchev–Trinajstić information content (AvgIpc) is 2.36. The van der Waals surface area contributed by atoms with E-state index in [0.717, 1.165) is 12.8 Å². The lowest BCUT2D eigenvalue weighted by atomic mass is 10.0. The van der Waals surface area contributed by atoms with E-state index in [2.05, 4.69) is 6.92 Å². The number of nitrogen functional groups attached to an aromatic ring is 1. The number of Topliss-reactive ketones (excluding diaryl/α,β-unsaturated/α-hetero) is 1. The van der Waals surface area contributed by atoms with Crippen molar-refractivity contribution in [3.8, 4) is 0 Å². The highest BCUT2D eigenvalue weighted by atomic mass is 19.1. The Morgan fingerprint density at radius 2 is 1.83 bits per heavy atom. The van der Waals surface area contributed by atoms with Crippen LogP contribution in [0.1, 0.15) is 62.2 Å². The number of benzene rings is 1. The van der Waals surface area contributed by atoms with Gasteiger partial charge in [0.15, 0.2) is 5.78 Å². The number of unbranched alkanes of at least 4 members (excludes halogenated alkanes) is 5. The van der Waals surface area contributed by atoms with Gasteiger partial charge in [0.2, 0.25) is 0 Å². The van der Waals surface area contributed by atoms with Crippen LogP contribution in [-0.4, -0.2) is 5.78 Å². The molecule has 0 radical (unpaired) electrons. The summed E-state index contributed by atoms with van der Waals surface area (Å²) in [4.78, 5) is 11.8. The Bertz CT molecular complexity index is 390. The number of nitrogens with two attached hydrogens (primary N) is 1. The fraction of sp³-hybridized carbons (Fsp3) is 0.533. The number of hydrogen-bond acceptors (Lipinski definition) is 2. The van der Waals surface area contributed by atoms with Gasteiger partial charge in [-0.25, -0.2) is 4.39 Å². The van der Waals surface area contributed by atoms with E-state index in [-0.39, 0.29) is 11.5 Å². The molecule has 0 unspecified atom stereocenters. The van der Waals surface area contributed by atoms with Gasteiger partial charge in [0.05, 0.1) is 5.69 Å². The van der Waals surface area contributed by atoms with E-state index in [9.17, 15) is 9.18 Å². The van der Waals surface area contributed by atoms with E-state index in [1.165, 1.54) is 37.8 Å². The zero-order chi connectivity index (χ0) is 13.4. The maximum atomic E-state index is 13.2. The van der Waals surface area contributed by atoms with Crippen LogP contribution in [0.2, 0.25) is 0 Å². The van der Waals surface area contributed by atoms with Gasteiger partial charge in [0.25, 0.3) is 0 Å². The van der Waals surface area contributed by atoms with Crippen LogP contribution in [0.15, 0.2) is 18.2 Å². The molecule has 1 aromatic carbocycles. The third kappa shape index (κ3) is 4.86. The zero-order valence-corrected chi connectivity index (χ0v) is 11.0. The van der Waals surface area contributed by atoms with Gasteiger partial charge in [-0.15, -0.1) is 0 Å². The molecule has 0 heterocycles. The van der Waals surface area contributed by atoms with Crippen molar-refractivity contribution < 1.29 is 9.18 Å². The Labute approximate surface area is 108 Å². The summed E-state index contributed by atoms with van der Waals surface area (Å²) in [5, 5.41) is 0. The molecule has 0 saturated carbocycles. The first-order valence-corrected chi connectivity index (χ1v) is 6.73. The van der Waals surface area contributed by atoms with Crippen molar-refractivity contribution in [2.24, 2.45) is 0 Å². The second-order valence-corrected chi connectivity index (χ2v) is 4.68. The fourth-order valence-electron chi connectivity index (χ4n) is 1.91. The molecule has 0 atom stereocenters. The normalized spacial score (nSPS) is 10.6. The molecule has 3 heteroatoms. The van der Waals surface area contributed by atoms with E-state index in [1.807, 2.05) is 0 Å². The van der Waals surface area contributed by atoms with Gasteiger partial charge in [-0.05, 0) is 24.6 Å². The van der Waals surface area contributed by atoms with Crippen molar-refractivity contribution in [2.45, 2.75) is 51.9 Å². The molecule has 0 spiro atoms. The molecular formula is C15H22FNO. The predicted octanol–water partition coefficient (Wildman–Crippen LogP) is 4.34. The van der Waals surface area contributed by atoms with E-state index in [0.29, 0.717) is 12.0 Å². The van der Waals surface area contributed by atoms with Crippen LogP contribution in [-0.2, 0) is 0 Å². The Morgan fingerprint density at radius 1 is 1.17 bits per heavy atom. The average molecular weight is 251 g/mol. The van der Waals surface area contributed by atoms with Crippen molar-refractivity contribution in [2.75, 3.05) is 5.73 Å². The number of hydrogen-bond donors (Lipinski definition) is 1. The topological polar surface area (TPSA) is 43.1 Å². The highest BCUT2D eigenvalue weighted by molar-refractivity contribution is 5.96. The van der Waals surface area contributed by atoms with E-state index < -0.39 is 5.82 Å². The van der Waals surface area contributed by atoms with Gasteiger partial charge in [-0.2, -0.15) is 0 Å². The molecule has 0 amide bonds. The van der Waals surface area contributed by atoms with Crippen LogP contribution in [0.3, 0.4) is 0 Å². The van der Waals surface area contributed by atoms with Gasteiger partial charge < -0.3 is 5.73 Å². The van der Waals surface area contributed by atoms with Crippen LogP contribution in [0.5, 0.6) is 0 Å². The lowest BCUT2D eigenvalue weighted by Gasteiger charge is -2.03. The van der Waals surface area contributed by atoms with Crippen LogP contribution in [0, 0.1) is 5.82 Å². The lowest BCUT2D eigenvalue weighted by molar-refractivity contribution is 0.0978. The summed E-state index contributed by atoms with van der Waals surface area (Å²) in [5.41, 5.74) is 5.89. The largest absolute Gasteiger partial charge is 0.396 e. The van der Waals surface area contributed by atoms with Crippen molar-refractivity contribution in [3.63, 3.8) is 0 Å². The van der Waals surface area contributed by atoms with E-state index in [1.54, 1.807) is 6.07 Å². The Hall–Kier alpha value is -1.38. The molecule has 100 valence electrons. The first-order chi connectivity index (χ1) is 8.65. The zero-order valence-electron chi connectivity index (χ0n) is 11.0. The molecule has 0 fully saturated rings. The maximum Gasteiger partial charge on any atom is 0.162 e. The summed E-state index contributed by atoms with van der Waals surface area (Å²) in [6.07, 6.45) is 7.35. The molecule has 0 aliphatic carbocycles. The third-order valence-electron chi connectivity index (χ3n) is 3.08. The first-order valence-electron chi connectivity index (χ1n) is 6.73. The van der Waals surface area contributed by atoms with Crippen LogP contribution >= 0.6 is 0 Å². The van der Waals surface area contributed by atoms with Crippen molar-refractivity contribution in [3.05, 3.63) is 29.6 Å². The molecule has 2 N–H and O–H groups in total. The molecule has 0 saturated heterocycles. The molecule has 0 aliphatic rings. The fourth-order valence-corrected chi connectivity index (χ4v) is 1.91. The van der Waals surface area contributed by atoms with Gasteiger partial charge in [-0.3, -0.25) is 4.79 Å². The summed E-state index contributed by atoms with van der Waals surface area (Å²) in [6, 6.07) is 4.27. The summed E-state index contributed by atoms with van der Waals surface area (Å²) in [6.45, 7) is 2.18. The van der Waals surface area contributed by atoms with Crippen LogP contribution in [0.4, 0.5) is 10.1 Å².